The summed E-state index contributed by atoms with van der Waals surface area (Å²) in [6.07, 6.45) is 3.28. The zero-order valence-electron chi connectivity index (χ0n) is 23.6. The van der Waals surface area contributed by atoms with Crippen LogP contribution in [0.25, 0.3) is 11.1 Å². The number of aryl methyl sites for hydroxylation is 1. The predicted molar refractivity (Wildman–Crippen MR) is 163 cm³/mol. The second-order valence-electron chi connectivity index (χ2n) is 10.3. The fraction of sp³-hybridized carbons (Fsp3) is 0.219. The van der Waals surface area contributed by atoms with E-state index in [0.717, 1.165) is 5.56 Å². The summed E-state index contributed by atoms with van der Waals surface area (Å²) in [7, 11) is -3.89. The number of aliphatic hydroxyl groups is 1. The number of hydrogen-bond donors (Lipinski definition) is 3. The van der Waals surface area contributed by atoms with Crippen molar-refractivity contribution < 1.29 is 27.5 Å². The number of para-hydroxylation sites is 2. The number of carbonyl (C=O) groups is 2. The molecule has 11 nitrogen and oxygen atoms in total. The third kappa shape index (κ3) is 8.12. The number of sulfone groups is 1. The van der Waals surface area contributed by atoms with Gasteiger partial charge >= 0.3 is 0 Å². The second kappa shape index (κ2) is 14.0. The molecule has 0 aliphatic rings. The minimum atomic E-state index is -3.89. The summed E-state index contributed by atoms with van der Waals surface area (Å²) in [6, 6.07) is 22.6. The van der Waals surface area contributed by atoms with Gasteiger partial charge in [0.15, 0.2) is 21.5 Å². The van der Waals surface area contributed by atoms with Crippen LogP contribution in [0.15, 0.2) is 108 Å². The van der Waals surface area contributed by atoms with E-state index in [2.05, 4.69) is 25.6 Å². The molecule has 0 saturated carbocycles. The van der Waals surface area contributed by atoms with Crippen molar-refractivity contribution in [3.63, 3.8) is 0 Å². The molecule has 2 heterocycles. The van der Waals surface area contributed by atoms with Crippen molar-refractivity contribution in [3.05, 3.63) is 126 Å². The van der Waals surface area contributed by atoms with E-state index in [4.69, 9.17) is 4.42 Å². The molecule has 0 bridgehead atoms. The lowest BCUT2D eigenvalue weighted by Gasteiger charge is -2.26. The van der Waals surface area contributed by atoms with Crippen molar-refractivity contribution in [3.8, 4) is 0 Å². The number of nitrogens with one attached hydrogen (secondary N) is 2. The number of hydrogen-bond acceptors (Lipinski definition) is 9. The van der Waals surface area contributed by atoms with Crippen molar-refractivity contribution in [2.24, 2.45) is 0 Å². The smallest absolute Gasteiger partial charge is 0.272 e. The second-order valence-corrected chi connectivity index (χ2v) is 12.4. The molecule has 44 heavy (non-hydrogen) atoms. The van der Waals surface area contributed by atoms with Crippen LogP contribution < -0.4 is 10.6 Å². The van der Waals surface area contributed by atoms with Crippen LogP contribution in [0.5, 0.6) is 0 Å². The lowest BCUT2D eigenvalue weighted by atomic mass is 10.0. The summed E-state index contributed by atoms with van der Waals surface area (Å²) < 4.78 is 32.3. The number of aliphatic hydroxyl groups excluding tert-OH is 1. The first-order chi connectivity index (χ1) is 21.3. The van der Waals surface area contributed by atoms with Gasteiger partial charge in [0.05, 0.1) is 23.7 Å². The van der Waals surface area contributed by atoms with E-state index < -0.39 is 45.6 Å². The van der Waals surface area contributed by atoms with Gasteiger partial charge in [0.25, 0.3) is 5.91 Å². The van der Waals surface area contributed by atoms with Gasteiger partial charge in [-0.2, -0.15) is 0 Å². The summed E-state index contributed by atoms with van der Waals surface area (Å²) in [4.78, 5) is 39.0. The van der Waals surface area contributed by atoms with E-state index in [-0.39, 0.29) is 23.8 Å². The number of benzene rings is 3. The van der Waals surface area contributed by atoms with Crippen molar-refractivity contribution in [1.29, 1.82) is 0 Å². The minimum Gasteiger partial charge on any atom is -0.438 e. The molecule has 2 amide bonds. The van der Waals surface area contributed by atoms with Crippen molar-refractivity contribution in [1.82, 2.24) is 25.6 Å². The van der Waals surface area contributed by atoms with Crippen LogP contribution in [0.3, 0.4) is 0 Å². The molecular formula is C32H31N5O6S. The zero-order chi connectivity index (χ0) is 30.9. The standard InChI is InChI=1S/C32H31N5O6S/c38-29(32-37-24-13-7-8-14-28(24)43-32)25(16-15-22-9-3-1-4-10-22)35-31(40)27(36-30(39)26-19-33-17-18-34-26)21-44(41,42)20-23-11-5-2-6-12-23/h1-14,17-19,25,27,29,38H,15-16,20-21H2,(H,35,40)(H,36,39)/t25-,27-,29?/m0/s1. The molecule has 2 aromatic heterocycles. The van der Waals surface area contributed by atoms with Crippen molar-refractivity contribution in [2.45, 2.75) is 36.8 Å². The number of aromatic nitrogens is 3. The Balaban J connectivity index is 1.40. The number of fused-ring (bicyclic) bond motifs is 1. The Bertz CT molecular complexity index is 1770. The van der Waals surface area contributed by atoms with Crippen LogP contribution >= 0.6 is 0 Å². The molecule has 0 saturated heterocycles. The Morgan fingerprint density at radius 2 is 1.55 bits per heavy atom. The van der Waals surface area contributed by atoms with Crippen LogP contribution in [0, 0.1) is 0 Å². The predicted octanol–water partition coefficient (Wildman–Crippen LogP) is 3.18. The minimum absolute atomic E-state index is 0.00130. The third-order valence-corrected chi connectivity index (χ3v) is 8.54. The largest absolute Gasteiger partial charge is 0.438 e. The first-order valence-electron chi connectivity index (χ1n) is 14.0. The van der Waals surface area contributed by atoms with Crippen LogP contribution in [-0.2, 0) is 26.8 Å². The highest BCUT2D eigenvalue weighted by Gasteiger charge is 2.33. The van der Waals surface area contributed by atoms with Crippen LogP contribution in [-0.4, -0.2) is 58.1 Å². The molecule has 0 spiro atoms. The molecule has 5 aromatic rings. The maximum absolute atomic E-state index is 13.8. The van der Waals surface area contributed by atoms with E-state index in [0.29, 0.717) is 23.1 Å². The topological polar surface area (TPSA) is 164 Å². The molecule has 3 atom stereocenters. The van der Waals surface area contributed by atoms with Gasteiger partial charge in [-0.25, -0.2) is 18.4 Å². The Kier molecular flexibility index (Phi) is 9.72. The van der Waals surface area contributed by atoms with Gasteiger partial charge in [-0.15, -0.1) is 0 Å². The van der Waals surface area contributed by atoms with E-state index in [1.165, 1.54) is 18.6 Å². The molecule has 0 fully saturated rings. The van der Waals surface area contributed by atoms with Gasteiger partial charge in [-0.1, -0.05) is 72.8 Å². The summed E-state index contributed by atoms with van der Waals surface area (Å²) in [5, 5.41) is 16.7. The van der Waals surface area contributed by atoms with Gasteiger partial charge in [0, 0.05) is 12.4 Å². The first kappa shape index (κ1) is 30.5. The van der Waals surface area contributed by atoms with Crippen molar-refractivity contribution >= 4 is 32.8 Å². The normalized spacial score (nSPS) is 13.6. The lowest BCUT2D eigenvalue weighted by Crippen LogP contribution is -2.54. The summed E-state index contributed by atoms with van der Waals surface area (Å²) >= 11 is 0. The van der Waals surface area contributed by atoms with Gasteiger partial charge in [0.1, 0.15) is 17.3 Å². The Labute approximate surface area is 254 Å². The summed E-state index contributed by atoms with van der Waals surface area (Å²) in [6.45, 7) is 0. The fourth-order valence-electron chi connectivity index (χ4n) is 4.72. The zero-order valence-corrected chi connectivity index (χ0v) is 24.4. The lowest BCUT2D eigenvalue weighted by molar-refractivity contribution is -0.124. The van der Waals surface area contributed by atoms with Crippen LogP contribution in [0.2, 0.25) is 0 Å². The molecule has 12 heteroatoms. The van der Waals surface area contributed by atoms with Gasteiger partial charge < -0.3 is 20.2 Å². The van der Waals surface area contributed by atoms with Crippen LogP contribution in [0.1, 0.15) is 40.0 Å². The van der Waals surface area contributed by atoms with Crippen LogP contribution in [0.4, 0.5) is 0 Å². The average Bonchev–Trinajstić information content (AvgIpc) is 3.48. The monoisotopic (exact) mass is 613 g/mol. The SMILES string of the molecule is O=C(N[C@@H](CS(=O)(=O)Cc1ccccc1)C(=O)N[C@@H](CCc1ccccc1)C(O)c1nc2ccccc2o1)c1cnccn1. The number of rotatable bonds is 13. The first-order valence-corrected chi connectivity index (χ1v) is 15.8. The number of oxazole rings is 1. The molecule has 3 aromatic carbocycles. The number of nitrogens with zero attached hydrogens (tertiary/aromatic N) is 3. The third-order valence-electron chi connectivity index (χ3n) is 6.93. The van der Waals surface area contributed by atoms with Gasteiger partial charge in [0.2, 0.25) is 11.8 Å². The highest BCUT2D eigenvalue weighted by Crippen LogP contribution is 2.24. The average molecular weight is 614 g/mol. The Morgan fingerprint density at radius 3 is 2.23 bits per heavy atom. The maximum atomic E-state index is 13.8. The molecule has 226 valence electrons. The molecule has 0 aliphatic heterocycles. The van der Waals surface area contributed by atoms with Gasteiger partial charge in [-0.05, 0) is 36.1 Å². The van der Waals surface area contributed by atoms with E-state index >= 15 is 0 Å². The molecular weight excluding hydrogens is 582 g/mol. The van der Waals surface area contributed by atoms with Gasteiger partial charge in [-0.3, -0.25) is 14.6 Å². The maximum Gasteiger partial charge on any atom is 0.272 e. The highest BCUT2D eigenvalue weighted by atomic mass is 32.2. The Morgan fingerprint density at radius 1 is 0.864 bits per heavy atom. The summed E-state index contributed by atoms with van der Waals surface area (Å²) in [5.41, 5.74) is 2.43. The van der Waals surface area contributed by atoms with E-state index in [1.54, 1.807) is 54.6 Å². The quantitative estimate of drug-likeness (QED) is 0.181. The molecule has 1 unspecified atom stereocenters. The van der Waals surface area contributed by atoms with E-state index in [9.17, 15) is 23.1 Å². The number of carbonyl (C=O) groups excluding carboxylic acids is 2. The Hall–Kier alpha value is -4.94. The number of amides is 2. The molecule has 0 aliphatic carbocycles. The van der Waals surface area contributed by atoms with Crippen molar-refractivity contribution in [2.75, 3.05) is 5.75 Å². The van der Waals surface area contributed by atoms with E-state index in [1.807, 2.05) is 30.3 Å². The molecule has 0 radical (unpaired) electrons. The fourth-order valence-corrected chi connectivity index (χ4v) is 6.28. The molecule has 3 N–H and O–H groups in total. The highest BCUT2D eigenvalue weighted by molar-refractivity contribution is 7.90. The molecule has 5 rings (SSSR count). The summed E-state index contributed by atoms with van der Waals surface area (Å²) in [5.74, 6) is -2.59.